The lowest BCUT2D eigenvalue weighted by Gasteiger charge is -2.08. The van der Waals surface area contributed by atoms with E-state index in [9.17, 15) is 4.79 Å². The first-order chi connectivity index (χ1) is 3.98. The third-order valence-electron chi connectivity index (χ3n) is 0.507. The minimum absolute atomic E-state index is 0.776. The Balaban J connectivity index is 3.74. The van der Waals surface area contributed by atoms with Gasteiger partial charge in [-0.1, -0.05) is 34.8 Å². The van der Waals surface area contributed by atoms with Gasteiger partial charge in [0.25, 0.3) is 3.79 Å². The molecule has 0 spiro atoms. The lowest BCUT2D eigenvalue weighted by atomic mass is 10.8. The van der Waals surface area contributed by atoms with E-state index >= 15 is 0 Å². The fraction of sp³-hybridized carbons (Fsp3) is 0.667. The van der Waals surface area contributed by atoms with E-state index in [0.29, 0.717) is 0 Å². The fourth-order valence-electron chi connectivity index (χ4n) is 0.213. The summed E-state index contributed by atoms with van der Waals surface area (Å²) in [5.41, 5.74) is 0. The SMILES string of the molecule is C[SiH2]OC(=O)C(Cl)(Cl)Cl. The zero-order valence-electron chi connectivity index (χ0n) is 4.66. The third kappa shape index (κ3) is 4.03. The Morgan fingerprint density at radius 3 is 2.11 bits per heavy atom. The summed E-state index contributed by atoms with van der Waals surface area (Å²) in [7, 11) is -0.816. The highest BCUT2D eigenvalue weighted by molar-refractivity contribution is 6.76. The topological polar surface area (TPSA) is 26.3 Å². The molecule has 0 aromatic heterocycles. The van der Waals surface area contributed by atoms with Gasteiger partial charge in [-0.25, -0.2) is 4.79 Å². The van der Waals surface area contributed by atoms with E-state index in [0.717, 1.165) is 0 Å². The predicted octanol–water partition coefficient (Wildman–Crippen LogP) is 1.03. The first kappa shape index (κ1) is 9.56. The Bertz CT molecular complexity index is 110. The molecule has 0 aliphatic rings. The lowest BCUT2D eigenvalue weighted by molar-refractivity contribution is -0.133. The first-order valence-electron chi connectivity index (χ1n) is 2.22. The van der Waals surface area contributed by atoms with Gasteiger partial charge in [0.2, 0.25) is 9.76 Å². The number of rotatable bonds is 1. The summed E-state index contributed by atoms with van der Waals surface area (Å²) < 4.78 is 2.61. The van der Waals surface area contributed by atoms with Gasteiger partial charge in [0.1, 0.15) is 0 Å². The molecule has 0 aromatic rings. The van der Waals surface area contributed by atoms with E-state index in [1.54, 1.807) is 6.55 Å². The van der Waals surface area contributed by atoms with Crippen LogP contribution in [0.5, 0.6) is 0 Å². The quantitative estimate of drug-likeness (QED) is 0.474. The van der Waals surface area contributed by atoms with Crippen molar-refractivity contribution >= 4 is 50.5 Å². The minimum Gasteiger partial charge on any atom is -0.522 e. The molecule has 2 nitrogen and oxygen atoms in total. The molecule has 0 saturated heterocycles. The van der Waals surface area contributed by atoms with E-state index in [-0.39, 0.29) is 0 Å². The Labute approximate surface area is 70.4 Å². The molecule has 0 radical (unpaired) electrons. The third-order valence-corrected chi connectivity index (χ3v) is 1.52. The van der Waals surface area contributed by atoms with Crippen LogP contribution in [-0.4, -0.2) is 19.5 Å². The van der Waals surface area contributed by atoms with Crippen LogP contribution in [0.15, 0.2) is 0 Å². The molecule has 0 rings (SSSR count). The summed E-state index contributed by atoms with van der Waals surface area (Å²) in [6.45, 7) is 1.77. The number of halogens is 3. The van der Waals surface area contributed by atoms with Crippen LogP contribution < -0.4 is 0 Å². The van der Waals surface area contributed by atoms with Crippen LogP contribution in [0.3, 0.4) is 0 Å². The van der Waals surface area contributed by atoms with Crippen molar-refractivity contribution in [2.24, 2.45) is 0 Å². The van der Waals surface area contributed by atoms with E-state index < -0.39 is 19.5 Å². The maximum Gasteiger partial charge on any atom is 0.344 e. The molecule has 6 heteroatoms. The molecule has 54 valence electrons. The summed E-state index contributed by atoms with van der Waals surface area (Å²) in [5.74, 6) is -0.776. The van der Waals surface area contributed by atoms with Crippen LogP contribution in [-0.2, 0) is 9.22 Å². The molecule has 0 aromatic carbocycles. The van der Waals surface area contributed by atoms with Gasteiger partial charge < -0.3 is 4.43 Å². The molecular formula is C3H5Cl3O2Si. The molecule has 0 N–H and O–H groups in total. The van der Waals surface area contributed by atoms with Gasteiger partial charge in [0, 0.05) is 0 Å². The van der Waals surface area contributed by atoms with Gasteiger partial charge in [-0.2, -0.15) is 0 Å². The molecule has 0 bridgehead atoms. The largest absolute Gasteiger partial charge is 0.522 e. The standard InChI is InChI=1S/C3H5Cl3O2Si/c1-9-8-2(7)3(4,5)6/h9H2,1H3. The number of carbonyl (C=O) groups is 1. The molecule has 9 heavy (non-hydrogen) atoms. The van der Waals surface area contributed by atoms with Gasteiger partial charge in [0.15, 0.2) is 0 Å². The van der Waals surface area contributed by atoms with Crippen molar-refractivity contribution in [1.29, 1.82) is 0 Å². The molecule has 0 unspecified atom stereocenters. The summed E-state index contributed by atoms with van der Waals surface area (Å²) in [6, 6.07) is 0. The summed E-state index contributed by atoms with van der Waals surface area (Å²) in [4.78, 5) is 10.5. The van der Waals surface area contributed by atoms with Crippen LogP contribution in [0, 0.1) is 0 Å². The van der Waals surface area contributed by atoms with Crippen molar-refractivity contribution in [1.82, 2.24) is 0 Å². The predicted molar refractivity (Wildman–Crippen MR) is 40.8 cm³/mol. The van der Waals surface area contributed by atoms with E-state index in [1.165, 1.54) is 0 Å². The molecule has 0 atom stereocenters. The highest BCUT2D eigenvalue weighted by Gasteiger charge is 2.31. The van der Waals surface area contributed by atoms with Crippen molar-refractivity contribution in [2.45, 2.75) is 10.3 Å². The molecule has 0 heterocycles. The minimum atomic E-state index is -1.90. The van der Waals surface area contributed by atoms with Gasteiger partial charge in [-0.15, -0.1) is 0 Å². The van der Waals surface area contributed by atoms with E-state index in [1.807, 2.05) is 0 Å². The number of carbonyl (C=O) groups excluding carboxylic acids is 1. The number of alkyl halides is 3. The van der Waals surface area contributed by atoms with Gasteiger partial charge in [-0.3, -0.25) is 0 Å². The summed E-state index contributed by atoms with van der Waals surface area (Å²) in [5, 5.41) is 0. The van der Waals surface area contributed by atoms with Crippen LogP contribution >= 0.6 is 34.8 Å². The Kier molecular flexibility index (Phi) is 3.89. The molecule has 0 saturated carbocycles. The average Bonchev–Trinajstić information content (AvgIpc) is 1.64. The lowest BCUT2D eigenvalue weighted by Crippen LogP contribution is -2.22. The van der Waals surface area contributed by atoms with Crippen LogP contribution in [0.4, 0.5) is 0 Å². The molecule has 0 aliphatic heterocycles. The number of hydrogen-bond donors (Lipinski definition) is 0. The average molecular weight is 208 g/mol. The second-order valence-corrected chi connectivity index (χ2v) is 4.37. The Hall–Kier alpha value is 0.557. The van der Waals surface area contributed by atoms with Gasteiger partial charge in [0.05, 0.1) is 0 Å². The zero-order valence-corrected chi connectivity index (χ0v) is 8.34. The highest BCUT2D eigenvalue weighted by atomic mass is 35.6. The van der Waals surface area contributed by atoms with E-state index in [2.05, 4.69) is 4.43 Å². The fourth-order valence-corrected chi connectivity index (χ4v) is 1.13. The Morgan fingerprint density at radius 2 is 2.00 bits per heavy atom. The smallest absolute Gasteiger partial charge is 0.344 e. The highest BCUT2D eigenvalue weighted by Crippen LogP contribution is 2.26. The first-order valence-corrected chi connectivity index (χ1v) is 5.35. The summed E-state index contributed by atoms with van der Waals surface area (Å²) in [6.07, 6.45) is 0. The molecule has 0 amide bonds. The zero-order chi connectivity index (χ0) is 7.49. The molecule has 0 aliphatic carbocycles. The molecular weight excluding hydrogens is 202 g/mol. The van der Waals surface area contributed by atoms with Crippen molar-refractivity contribution in [3.8, 4) is 0 Å². The van der Waals surface area contributed by atoms with Gasteiger partial charge >= 0.3 is 5.97 Å². The monoisotopic (exact) mass is 206 g/mol. The second-order valence-electron chi connectivity index (χ2n) is 1.22. The maximum absolute atomic E-state index is 10.5. The second kappa shape index (κ2) is 3.66. The summed E-state index contributed by atoms with van der Waals surface area (Å²) >= 11 is 15.4. The van der Waals surface area contributed by atoms with E-state index in [4.69, 9.17) is 34.8 Å². The van der Waals surface area contributed by atoms with Crippen molar-refractivity contribution in [3.63, 3.8) is 0 Å². The van der Waals surface area contributed by atoms with Crippen LogP contribution in [0.25, 0.3) is 0 Å². The van der Waals surface area contributed by atoms with Crippen molar-refractivity contribution < 1.29 is 9.22 Å². The molecule has 0 fully saturated rings. The van der Waals surface area contributed by atoms with Crippen LogP contribution in [0.1, 0.15) is 0 Å². The van der Waals surface area contributed by atoms with Crippen molar-refractivity contribution in [3.05, 3.63) is 0 Å². The normalized spacial score (nSPS) is 12.4. The number of hydrogen-bond acceptors (Lipinski definition) is 2. The van der Waals surface area contributed by atoms with Crippen molar-refractivity contribution in [2.75, 3.05) is 0 Å². The maximum atomic E-state index is 10.5. The van der Waals surface area contributed by atoms with Gasteiger partial charge in [-0.05, 0) is 6.55 Å². The van der Waals surface area contributed by atoms with Crippen LogP contribution in [0.2, 0.25) is 6.55 Å². The Morgan fingerprint density at radius 1 is 1.56 bits per heavy atom.